The highest BCUT2D eigenvalue weighted by Crippen LogP contribution is 2.26. The predicted octanol–water partition coefficient (Wildman–Crippen LogP) is 1.91. The van der Waals surface area contributed by atoms with E-state index in [1.54, 1.807) is 0 Å². The van der Waals surface area contributed by atoms with Gasteiger partial charge in [-0.15, -0.1) is 0 Å². The van der Waals surface area contributed by atoms with Crippen molar-refractivity contribution < 1.29 is 22.8 Å². The Morgan fingerprint density at radius 2 is 1.67 bits per heavy atom. The number of carbonyl (C=O) groups excluding carboxylic acids is 3. The normalized spacial score (nSPS) is 16.7. The van der Waals surface area contributed by atoms with Crippen LogP contribution in [0.25, 0.3) is 0 Å². The van der Waals surface area contributed by atoms with Gasteiger partial charge in [0.1, 0.15) is 6.04 Å². The van der Waals surface area contributed by atoms with E-state index in [1.165, 1.54) is 35.5 Å². The minimum absolute atomic E-state index is 0.0332. The highest BCUT2D eigenvalue weighted by Gasteiger charge is 2.37. The van der Waals surface area contributed by atoms with E-state index in [-0.39, 0.29) is 29.7 Å². The number of ketones is 1. The molecule has 9 heteroatoms. The Bertz CT molecular complexity index is 1080. The molecule has 176 valence electrons. The summed E-state index contributed by atoms with van der Waals surface area (Å²) < 4.78 is 27.6. The maximum Gasteiger partial charge on any atom is 0.243 e. The zero-order valence-electron chi connectivity index (χ0n) is 18.6. The van der Waals surface area contributed by atoms with E-state index in [2.05, 4.69) is 10.6 Å². The van der Waals surface area contributed by atoms with Crippen LogP contribution in [0.1, 0.15) is 42.1 Å². The number of Topliss-reactive ketones (excluding diaryl/α,β-unsaturated/α-hetero) is 1. The summed E-state index contributed by atoms with van der Waals surface area (Å²) in [6.45, 7) is 1.86. The van der Waals surface area contributed by atoms with Gasteiger partial charge in [-0.1, -0.05) is 48.9 Å². The molecule has 0 saturated carbocycles. The Kier molecular flexibility index (Phi) is 8.35. The lowest BCUT2D eigenvalue weighted by atomic mass is 10.0. The molecule has 0 radical (unpaired) electrons. The second-order valence-corrected chi connectivity index (χ2v) is 9.90. The smallest absolute Gasteiger partial charge is 0.243 e. The van der Waals surface area contributed by atoms with Gasteiger partial charge in [0.25, 0.3) is 0 Å². The SMILES string of the molecule is CC(=O)c1ccc(S(=O)(=O)N2CCCCC2C(=O)NCC(=O)NCCc2ccccc2)cc1. The minimum atomic E-state index is -3.92. The number of hydrogen-bond acceptors (Lipinski definition) is 5. The van der Waals surface area contributed by atoms with Crippen LogP contribution in [-0.2, 0) is 26.0 Å². The highest BCUT2D eigenvalue weighted by atomic mass is 32.2. The maximum absolute atomic E-state index is 13.2. The molecule has 1 aliphatic rings. The summed E-state index contributed by atoms with van der Waals surface area (Å²) in [6, 6.07) is 14.5. The van der Waals surface area contributed by atoms with Crippen LogP contribution >= 0.6 is 0 Å². The summed E-state index contributed by atoms with van der Waals surface area (Å²) in [4.78, 5) is 36.4. The number of hydrogen-bond donors (Lipinski definition) is 2. The molecule has 0 aliphatic carbocycles. The van der Waals surface area contributed by atoms with Crippen LogP contribution in [0.4, 0.5) is 0 Å². The zero-order chi connectivity index (χ0) is 23.8. The molecule has 3 rings (SSSR count). The van der Waals surface area contributed by atoms with Crippen molar-refractivity contribution in [3.05, 3.63) is 65.7 Å². The van der Waals surface area contributed by atoms with Gasteiger partial charge >= 0.3 is 0 Å². The molecule has 0 aromatic heterocycles. The lowest BCUT2D eigenvalue weighted by Crippen LogP contribution is -2.53. The molecule has 1 unspecified atom stereocenters. The third kappa shape index (κ3) is 6.49. The molecular weight excluding hydrogens is 442 g/mol. The first-order chi connectivity index (χ1) is 15.8. The van der Waals surface area contributed by atoms with Crippen molar-refractivity contribution >= 4 is 27.6 Å². The van der Waals surface area contributed by atoms with Crippen molar-refractivity contribution in [3.63, 3.8) is 0 Å². The standard InChI is InChI=1S/C24H29N3O5S/c1-18(28)20-10-12-21(13-11-20)33(31,32)27-16-6-5-9-22(27)24(30)26-17-23(29)25-15-14-19-7-3-2-4-8-19/h2-4,7-8,10-13,22H,5-6,9,14-17H2,1H3,(H,25,29)(H,26,30). The molecule has 2 aromatic carbocycles. The topological polar surface area (TPSA) is 113 Å². The number of sulfonamides is 1. The number of benzene rings is 2. The number of piperidine rings is 1. The molecule has 33 heavy (non-hydrogen) atoms. The van der Waals surface area contributed by atoms with Crippen LogP contribution in [0.15, 0.2) is 59.5 Å². The van der Waals surface area contributed by atoms with Gasteiger partial charge in [0.2, 0.25) is 21.8 Å². The van der Waals surface area contributed by atoms with Gasteiger partial charge in [0.05, 0.1) is 11.4 Å². The molecule has 1 fully saturated rings. The molecule has 1 saturated heterocycles. The number of rotatable bonds is 9. The summed E-state index contributed by atoms with van der Waals surface area (Å²) in [5, 5.41) is 5.33. The fourth-order valence-corrected chi connectivity index (χ4v) is 5.45. The van der Waals surface area contributed by atoms with Gasteiger partial charge < -0.3 is 10.6 Å². The summed E-state index contributed by atoms with van der Waals surface area (Å²) in [5.74, 6) is -0.975. The summed E-state index contributed by atoms with van der Waals surface area (Å²) in [6.07, 6.45) is 2.43. The number of nitrogens with one attached hydrogen (secondary N) is 2. The lowest BCUT2D eigenvalue weighted by molar-refractivity contribution is -0.129. The van der Waals surface area contributed by atoms with Gasteiger partial charge in [0, 0.05) is 18.7 Å². The van der Waals surface area contributed by atoms with E-state index in [0.717, 1.165) is 12.0 Å². The molecule has 2 amide bonds. The first kappa shape index (κ1) is 24.6. The van der Waals surface area contributed by atoms with Crippen LogP contribution in [-0.4, -0.2) is 56.0 Å². The third-order valence-electron chi connectivity index (χ3n) is 5.63. The molecule has 2 aromatic rings. The van der Waals surface area contributed by atoms with Crippen molar-refractivity contribution in [2.75, 3.05) is 19.6 Å². The minimum Gasteiger partial charge on any atom is -0.354 e. The molecule has 0 spiro atoms. The Hall–Kier alpha value is -3.04. The van der Waals surface area contributed by atoms with Crippen LogP contribution in [0.2, 0.25) is 0 Å². The van der Waals surface area contributed by atoms with Crippen LogP contribution in [0.5, 0.6) is 0 Å². The van der Waals surface area contributed by atoms with Gasteiger partial charge in [-0.25, -0.2) is 8.42 Å². The van der Waals surface area contributed by atoms with Crippen LogP contribution in [0, 0.1) is 0 Å². The van der Waals surface area contributed by atoms with E-state index in [0.29, 0.717) is 31.4 Å². The highest BCUT2D eigenvalue weighted by molar-refractivity contribution is 7.89. The molecule has 0 bridgehead atoms. The predicted molar refractivity (Wildman–Crippen MR) is 124 cm³/mol. The zero-order valence-corrected chi connectivity index (χ0v) is 19.4. The Morgan fingerprint density at radius 1 is 0.970 bits per heavy atom. The molecular formula is C24H29N3O5S. The van der Waals surface area contributed by atoms with Gasteiger partial charge in [-0.05, 0) is 43.9 Å². The Balaban J connectivity index is 1.57. The van der Waals surface area contributed by atoms with Crippen molar-refractivity contribution in [1.29, 1.82) is 0 Å². The monoisotopic (exact) mass is 471 g/mol. The van der Waals surface area contributed by atoms with Crippen LogP contribution < -0.4 is 10.6 Å². The Labute approximate surface area is 194 Å². The second-order valence-electron chi connectivity index (χ2n) is 8.01. The van der Waals surface area contributed by atoms with Gasteiger partial charge in [0.15, 0.2) is 5.78 Å². The first-order valence-electron chi connectivity index (χ1n) is 11.0. The van der Waals surface area contributed by atoms with Crippen LogP contribution in [0.3, 0.4) is 0 Å². The molecule has 1 aliphatic heterocycles. The van der Waals surface area contributed by atoms with Crippen molar-refractivity contribution in [3.8, 4) is 0 Å². The lowest BCUT2D eigenvalue weighted by Gasteiger charge is -2.33. The summed E-state index contributed by atoms with van der Waals surface area (Å²) in [7, 11) is -3.92. The number of carbonyl (C=O) groups is 3. The quantitative estimate of drug-likeness (QED) is 0.543. The number of nitrogens with zero attached hydrogens (tertiary/aromatic N) is 1. The first-order valence-corrected chi connectivity index (χ1v) is 12.4. The van der Waals surface area contributed by atoms with E-state index in [4.69, 9.17) is 0 Å². The average molecular weight is 472 g/mol. The van der Waals surface area contributed by atoms with E-state index in [1.807, 2.05) is 30.3 Å². The summed E-state index contributed by atoms with van der Waals surface area (Å²) in [5.41, 5.74) is 1.52. The van der Waals surface area contributed by atoms with Crippen molar-refractivity contribution in [2.45, 2.75) is 43.5 Å². The van der Waals surface area contributed by atoms with Crippen molar-refractivity contribution in [1.82, 2.24) is 14.9 Å². The molecule has 1 heterocycles. The second kappa shape index (κ2) is 11.2. The van der Waals surface area contributed by atoms with Crippen molar-refractivity contribution in [2.24, 2.45) is 0 Å². The third-order valence-corrected chi connectivity index (χ3v) is 7.55. The van der Waals surface area contributed by atoms with E-state index in [9.17, 15) is 22.8 Å². The van der Waals surface area contributed by atoms with E-state index < -0.39 is 22.0 Å². The number of amides is 2. The molecule has 1 atom stereocenters. The van der Waals surface area contributed by atoms with Gasteiger partial charge in [-0.3, -0.25) is 14.4 Å². The average Bonchev–Trinajstić information content (AvgIpc) is 2.83. The fraction of sp³-hybridized carbons (Fsp3) is 0.375. The fourth-order valence-electron chi connectivity index (χ4n) is 3.79. The Morgan fingerprint density at radius 3 is 2.33 bits per heavy atom. The largest absolute Gasteiger partial charge is 0.354 e. The van der Waals surface area contributed by atoms with Gasteiger partial charge in [-0.2, -0.15) is 4.31 Å². The molecule has 2 N–H and O–H groups in total. The maximum atomic E-state index is 13.2. The summed E-state index contributed by atoms with van der Waals surface area (Å²) >= 11 is 0. The molecule has 8 nitrogen and oxygen atoms in total. The van der Waals surface area contributed by atoms with E-state index >= 15 is 0 Å².